The van der Waals surface area contributed by atoms with E-state index in [9.17, 15) is 19.2 Å². The van der Waals surface area contributed by atoms with Crippen LogP contribution in [0.3, 0.4) is 0 Å². The first-order valence-electron chi connectivity index (χ1n) is 6.03. The maximum atomic E-state index is 12.0. The lowest BCUT2D eigenvalue weighted by Gasteiger charge is -2.28. The molecule has 0 radical (unpaired) electrons. The molecule has 1 heterocycles. The van der Waals surface area contributed by atoms with Crippen LogP contribution in [0.15, 0.2) is 21.5 Å². The van der Waals surface area contributed by atoms with Crippen molar-refractivity contribution in [1.82, 2.24) is 5.32 Å². The number of ether oxygens (including phenoxy) is 2. The molecule has 2 N–H and O–H groups in total. The minimum atomic E-state index is -2.21. The molecule has 0 atom stereocenters. The number of hydrogen-bond acceptors (Lipinski definition) is 8. The maximum absolute atomic E-state index is 12.0. The Balaban J connectivity index is 3.36. The van der Waals surface area contributed by atoms with Crippen LogP contribution in [0.25, 0.3) is 0 Å². The molecule has 9 nitrogen and oxygen atoms in total. The summed E-state index contributed by atoms with van der Waals surface area (Å²) in [5.41, 5.74) is -2.98. The van der Waals surface area contributed by atoms with E-state index < -0.39 is 41.0 Å². The Morgan fingerprint density at radius 3 is 2.23 bits per heavy atom. The van der Waals surface area contributed by atoms with E-state index in [2.05, 4.69) is 14.8 Å². The molecule has 0 aliphatic rings. The van der Waals surface area contributed by atoms with Crippen LogP contribution < -0.4 is 10.7 Å². The molecule has 1 rings (SSSR count). The van der Waals surface area contributed by atoms with E-state index in [0.29, 0.717) is 0 Å². The van der Waals surface area contributed by atoms with Crippen LogP contribution in [0, 0.1) is 0 Å². The summed E-state index contributed by atoms with van der Waals surface area (Å²) in [6.45, 7) is 1.09. The van der Waals surface area contributed by atoms with Gasteiger partial charge in [0.25, 0.3) is 0 Å². The van der Waals surface area contributed by atoms with Crippen molar-refractivity contribution in [2.45, 2.75) is 18.9 Å². The Morgan fingerprint density at radius 2 is 1.82 bits per heavy atom. The Labute approximate surface area is 124 Å². The van der Waals surface area contributed by atoms with Crippen molar-refractivity contribution >= 4 is 17.8 Å². The third kappa shape index (κ3) is 3.43. The van der Waals surface area contributed by atoms with E-state index >= 15 is 0 Å². The van der Waals surface area contributed by atoms with Gasteiger partial charge in [-0.3, -0.25) is 9.59 Å². The molecule has 1 aromatic heterocycles. The predicted octanol–water partition coefficient (Wildman–Crippen LogP) is -0.891. The fourth-order valence-electron chi connectivity index (χ4n) is 1.82. The summed E-state index contributed by atoms with van der Waals surface area (Å²) in [5.74, 6) is -3.65. The number of carbonyl (C=O) groups is 3. The summed E-state index contributed by atoms with van der Waals surface area (Å²) in [4.78, 5) is 46.8. The largest absolute Gasteiger partial charge is 0.502 e. The minimum absolute atomic E-state index is 0.132. The molecule has 0 spiro atoms. The SMILES string of the molecule is COC(=O)C(Cc1cc(=O)c(O)co1)(NC(C)=O)C(=O)OC. The molecule has 22 heavy (non-hydrogen) atoms. The van der Waals surface area contributed by atoms with Crippen molar-refractivity contribution in [3.8, 4) is 5.75 Å². The molecule has 0 saturated heterocycles. The Hall–Kier alpha value is -2.84. The number of carbonyl (C=O) groups excluding carboxylic acids is 3. The highest BCUT2D eigenvalue weighted by molar-refractivity contribution is 6.07. The first-order valence-corrected chi connectivity index (χ1v) is 6.03. The van der Waals surface area contributed by atoms with E-state index in [1.165, 1.54) is 0 Å². The second-order valence-corrected chi connectivity index (χ2v) is 4.34. The molecule has 0 fully saturated rings. The quantitative estimate of drug-likeness (QED) is 0.528. The van der Waals surface area contributed by atoms with E-state index in [0.717, 1.165) is 33.5 Å². The highest BCUT2D eigenvalue weighted by Crippen LogP contribution is 2.18. The number of hydrogen-bond donors (Lipinski definition) is 2. The highest BCUT2D eigenvalue weighted by atomic mass is 16.5. The summed E-state index contributed by atoms with van der Waals surface area (Å²) in [6, 6.07) is 0.887. The zero-order valence-corrected chi connectivity index (χ0v) is 12.2. The zero-order chi connectivity index (χ0) is 16.9. The topological polar surface area (TPSA) is 132 Å². The lowest BCUT2D eigenvalue weighted by atomic mass is 9.93. The van der Waals surface area contributed by atoms with Gasteiger partial charge < -0.3 is 24.3 Å². The molecule has 0 unspecified atom stereocenters. The number of amides is 1. The first-order chi connectivity index (χ1) is 10.3. The summed E-state index contributed by atoms with van der Waals surface area (Å²) < 4.78 is 14.0. The van der Waals surface area contributed by atoms with Crippen LogP contribution in [0.1, 0.15) is 12.7 Å². The zero-order valence-electron chi connectivity index (χ0n) is 12.2. The lowest BCUT2D eigenvalue weighted by Crippen LogP contribution is -2.62. The number of methoxy groups -OCH3 is 2. The predicted molar refractivity (Wildman–Crippen MR) is 70.9 cm³/mol. The maximum Gasteiger partial charge on any atom is 0.343 e. The molecule has 1 amide bonds. The second-order valence-electron chi connectivity index (χ2n) is 4.34. The summed E-state index contributed by atoms with van der Waals surface area (Å²) in [5, 5.41) is 11.3. The van der Waals surface area contributed by atoms with Crippen LogP contribution in [-0.2, 0) is 30.3 Å². The molecule has 0 saturated carbocycles. The van der Waals surface area contributed by atoms with Gasteiger partial charge in [0.2, 0.25) is 16.9 Å². The molecule has 0 aliphatic heterocycles. The van der Waals surface area contributed by atoms with Gasteiger partial charge in [0.1, 0.15) is 12.0 Å². The number of nitrogens with one attached hydrogen (secondary N) is 1. The summed E-state index contributed by atoms with van der Waals surface area (Å²) in [7, 11) is 2.05. The van der Waals surface area contributed by atoms with E-state index in [4.69, 9.17) is 9.52 Å². The fourth-order valence-corrected chi connectivity index (χ4v) is 1.82. The number of esters is 2. The third-order valence-corrected chi connectivity index (χ3v) is 2.76. The van der Waals surface area contributed by atoms with E-state index in [-0.39, 0.29) is 5.76 Å². The molecule has 9 heteroatoms. The van der Waals surface area contributed by atoms with E-state index in [1.807, 2.05) is 0 Å². The van der Waals surface area contributed by atoms with Crippen molar-refractivity contribution in [2.75, 3.05) is 14.2 Å². The molecule has 0 bridgehead atoms. The Morgan fingerprint density at radius 1 is 1.27 bits per heavy atom. The summed E-state index contributed by atoms with van der Waals surface area (Å²) >= 11 is 0. The average Bonchev–Trinajstić information content (AvgIpc) is 2.47. The third-order valence-electron chi connectivity index (χ3n) is 2.76. The summed E-state index contributed by atoms with van der Waals surface area (Å²) in [6.07, 6.45) is 0.228. The van der Waals surface area contributed by atoms with Crippen LogP contribution in [0.2, 0.25) is 0 Å². The fraction of sp³-hybridized carbons (Fsp3) is 0.385. The monoisotopic (exact) mass is 313 g/mol. The highest BCUT2D eigenvalue weighted by Gasteiger charge is 2.50. The Bertz CT molecular complexity index is 632. The smallest absolute Gasteiger partial charge is 0.343 e. The van der Waals surface area contributed by atoms with Crippen LogP contribution in [-0.4, -0.2) is 42.7 Å². The Kier molecular flexibility index (Phi) is 5.28. The second kappa shape index (κ2) is 6.74. The normalized spacial score (nSPS) is 10.7. The molecular weight excluding hydrogens is 298 g/mol. The van der Waals surface area contributed by atoms with Crippen molar-refractivity contribution < 1.29 is 33.4 Å². The molecular formula is C13H15NO8. The van der Waals surface area contributed by atoms with Gasteiger partial charge in [-0.05, 0) is 0 Å². The van der Waals surface area contributed by atoms with Gasteiger partial charge in [0.05, 0.1) is 20.6 Å². The molecule has 0 aromatic carbocycles. The van der Waals surface area contributed by atoms with Gasteiger partial charge in [-0.25, -0.2) is 9.59 Å². The van der Waals surface area contributed by atoms with Gasteiger partial charge in [0.15, 0.2) is 5.75 Å². The lowest BCUT2D eigenvalue weighted by molar-refractivity contribution is -0.165. The van der Waals surface area contributed by atoms with Crippen LogP contribution in [0.4, 0.5) is 0 Å². The average molecular weight is 313 g/mol. The van der Waals surface area contributed by atoms with Crippen LogP contribution >= 0.6 is 0 Å². The van der Waals surface area contributed by atoms with Crippen molar-refractivity contribution in [3.05, 3.63) is 28.3 Å². The molecule has 1 aromatic rings. The van der Waals surface area contributed by atoms with Gasteiger partial charge >= 0.3 is 11.9 Å². The van der Waals surface area contributed by atoms with E-state index in [1.54, 1.807) is 0 Å². The van der Waals surface area contributed by atoms with Crippen molar-refractivity contribution in [3.63, 3.8) is 0 Å². The van der Waals surface area contributed by atoms with Gasteiger partial charge in [-0.1, -0.05) is 0 Å². The van der Waals surface area contributed by atoms with Crippen LogP contribution in [0.5, 0.6) is 5.75 Å². The number of aromatic hydroxyl groups is 1. The first kappa shape index (κ1) is 17.2. The van der Waals surface area contributed by atoms with Crippen molar-refractivity contribution in [1.29, 1.82) is 0 Å². The van der Waals surface area contributed by atoms with Gasteiger partial charge in [0, 0.05) is 13.0 Å². The van der Waals surface area contributed by atoms with Gasteiger partial charge in [-0.15, -0.1) is 0 Å². The van der Waals surface area contributed by atoms with Crippen molar-refractivity contribution in [2.24, 2.45) is 0 Å². The molecule has 0 aliphatic carbocycles. The standard InChI is InChI=1S/C13H15NO8/c1-7(15)14-13(11(18)20-2,12(19)21-3)5-8-4-9(16)10(17)6-22-8/h4,6,17H,5H2,1-3H3,(H,14,15). The van der Waals surface area contributed by atoms with Gasteiger partial charge in [-0.2, -0.15) is 0 Å². The molecule has 120 valence electrons. The number of rotatable bonds is 5. The minimum Gasteiger partial charge on any atom is -0.502 e.